The first-order valence-electron chi connectivity index (χ1n) is 7.62. The molecular weight excluding hydrogens is 312 g/mol. The van der Waals surface area contributed by atoms with Crippen molar-refractivity contribution >= 4 is 23.8 Å². The summed E-state index contributed by atoms with van der Waals surface area (Å²) in [5.41, 5.74) is 0.427. The number of carbonyl (C=O) groups excluding carboxylic acids is 2. The molecule has 128 valence electrons. The van der Waals surface area contributed by atoms with E-state index in [0.717, 1.165) is 11.3 Å². The van der Waals surface area contributed by atoms with Crippen molar-refractivity contribution in [2.75, 3.05) is 12.0 Å². The lowest BCUT2D eigenvalue weighted by Crippen LogP contribution is -2.48. The van der Waals surface area contributed by atoms with E-state index in [9.17, 15) is 9.59 Å². The first kappa shape index (κ1) is 19.4. The standard InChI is InChI=1S/C17H26N2O3S/c1-17(2,3)22-16(21)19-14(10-11-23-4)15(20)18-12-13-8-6-5-7-9-13/h5-9,14H,10-12H2,1-4H3,(H,18,20)(H,19,21)/t14-/m0/s1. The van der Waals surface area contributed by atoms with Gasteiger partial charge < -0.3 is 15.4 Å². The Hall–Kier alpha value is -1.69. The first-order chi connectivity index (χ1) is 10.8. The van der Waals surface area contributed by atoms with Crippen molar-refractivity contribution in [3.05, 3.63) is 35.9 Å². The van der Waals surface area contributed by atoms with Gasteiger partial charge in [-0.1, -0.05) is 30.3 Å². The van der Waals surface area contributed by atoms with Crippen molar-refractivity contribution in [1.29, 1.82) is 0 Å². The number of nitrogens with one attached hydrogen (secondary N) is 2. The fourth-order valence-corrected chi connectivity index (χ4v) is 2.33. The molecule has 0 aromatic heterocycles. The van der Waals surface area contributed by atoms with Crippen molar-refractivity contribution in [1.82, 2.24) is 10.6 Å². The minimum atomic E-state index is -0.596. The lowest BCUT2D eigenvalue weighted by Gasteiger charge is -2.23. The van der Waals surface area contributed by atoms with E-state index in [1.165, 1.54) is 0 Å². The molecule has 0 unspecified atom stereocenters. The monoisotopic (exact) mass is 338 g/mol. The lowest BCUT2D eigenvalue weighted by molar-refractivity contribution is -0.123. The Morgan fingerprint density at radius 1 is 1.22 bits per heavy atom. The largest absolute Gasteiger partial charge is 0.444 e. The Morgan fingerprint density at radius 3 is 2.43 bits per heavy atom. The van der Waals surface area contributed by atoms with E-state index >= 15 is 0 Å². The van der Waals surface area contributed by atoms with Crippen LogP contribution in [-0.4, -0.2) is 35.7 Å². The Kier molecular flexibility index (Phi) is 7.95. The van der Waals surface area contributed by atoms with Gasteiger partial charge in [0.15, 0.2) is 0 Å². The van der Waals surface area contributed by atoms with Crippen molar-refractivity contribution < 1.29 is 14.3 Å². The number of thioether (sulfide) groups is 1. The minimum absolute atomic E-state index is 0.200. The molecule has 0 aliphatic carbocycles. The maximum Gasteiger partial charge on any atom is 0.408 e. The molecule has 0 aliphatic rings. The summed E-state index contributed by atoms with van der Waals surface area (Å²) in [6.07, 6.45) is 1.95. The van der Waals surface area contributed by atoms with Crippen molar-refractivity contribution in [3.8, 4) is 0 Å². The zero-order valence-electron chi connectivity index (χ0n) is 14.2. The highest BCUT2D eigenvalue weighted by Gasteiger charge is 2.23. The van der Waals surface area contributed by atoms with Gasteiger partial charge in [-0.3, -0.25) is 4.79 Å². The van der Waals surface area contributed by atoms with E-state index in [1.807, 2.05) is 36.6 Å². The summed E-state index contributed by atoms with van der Waals surface area (Å²) in [6.45, 7) is 5.81. The van der Waals surface area contributed by atoms with Crippen LogP contribution >= 0.6 is 11.8 Å². The normalized spacial score (nSPS) is 12.3. The summed E-state index contributed by atoms with van der Waals surface area (Å²) in [4.78, 5) is 24.2. The number of alkyl carbamates (subject to hydrolysis) is 1. The van der Waals surface area contributed by atoms with Crippen LogP contribution in [0.2, 0.25) is 0 Å². The summed E-state index contributed by atoms with van der Waals surface area (Å²) in [6, 6.07) is 9.06. The molecule has 0 fully saturated rings. The van der Waals surface area contributed by atoms with Gasteiger partial charge in [-0.25, -0.2) is 4.79 Å². The second-order valence-electron chi connectivity index (χ2n) is 6.18. The second kappa shape index (κ2) is 9.45. The molecule has 2 amide bonds. The Balaban J connectivity index is 2.57. The number of hydrogen-bond acceptors (Lipinski definition) is 4. The molecule has 2 N–H and O–H groups in total. The summed E-state index contributed by atoms with van der Waals surface area (Å²) >= 11 is 1.63. The van der Waals surface area contributed by atoms with Gasteiger partial charge in [-0.15, -0.1) is 0 Å². The Bertz CT molecular complexity index is 500. The van der Waals surface area contributed by atoms with E-state index in [1.54, 1.807) is 32.5 Å². The molecule has 1 atom stereocenters. The lowest BCUT2D eigenvalue weighted by atomic mass is 10.2. The first-order valence-corrected chi connectivity index (χ1v) is 9.01. The fraction of sp³-hybridized carbons (Fsp3) is 0.529. The molecule has 0 spiro atoms. The van der Waals surface area contributed by atoms with Crippen molar-refractivity contribution in [3.63, 3.8) is 0 Å². The SMILES string of the molecule is CSCC[C@H](NC(=O)OC(C)(C)C)C(=O)NCc1ccccc1. The van der Waals surface area contributed by atoms with Crippen LogP contribution in [0.4, 0.5) is 4.79 Å². The maximum absolute atomic E-state index is 12.3. The maximum atomic E-state index is 12.3. The van der Waals surface area contributed by atoms with Crippen LogP contribution in [0.15, 0.2) is 30.3 Å². The molecule has 0 aliphatic heterocycles. The molecule has 5 nitrogen and oxygen atoms in total. The van der Waals surface area contributed by atoms with Crippen LogP contribution in [0, 0.1) is 0 Å². The number of ether oxygens (including phenoxy) is 1. The zero-order chi connectivity index (χ0) is 17.3. The van der Waals surface area contributed by atoms with E-state index in [2.05, 4.69) is 10.6 Å². The van der Waals surface area contributed by atoms with Crippen LogP contribution in [-0.2, 0) is 16.1 Å². The number of rotatable bonds is 7. The van der Waals surface area contributed by atoms with Crippen LogP contribution in [0.25, 0.3) is 0 Å². The number of carbonyl (C=O) groups is 2. The number of amides is 2. The predicted octanol–water partition coefficient (Wildman–Crippen LogP) is 2.95. The van der Waals surface area contributed by atoms with Crippen molar-refractivity contribution in [2.45, 2.75) is 45.4 Å². The van der Waals surface area contributed by atoms with Crippen LogP contribution in [0.1, 0.15) is 32.8 Å². The highest BCUT2D eigenvalue weighted by molar-refractivity contribution is 7.98. The molecule has 1 aromatic carbocycles. The zero-order valence-corrected chi connectivity index (χ0v) is 15.0. The van der Waals surface area contributed by atoms with E-state index in [4.69, 9.17) is 4.74 Å². The van der Waals surface area contributed by atoms with Gasteiger partial charge in [0.2, 0.25) is 5.91 Å². The molecule has 0 heterocycles. The molecule has 6 heteroatoms. The summed E-state index contributed by atoms with van der Waals surface area (Å²) in [5.74, 6) is 0.577. The average Bonchev–Trinajstić information content (AvgIpc) is 2.48. The highest BCUT2D eigenvalue weighted by atomic mass is 32.2. The van der Waals surface area contributed by atoms with E-state index < -0.39 is 17.7 Å². The predicted molar refractivity (Wildman–Crippen MR) is 94.4 cm³/mol. The summed E-state index contributed by atoms with van der Waals surface area (Å²) in [5, 5.41) is 5.52. The van der Waals surface area contributed by atoms with Gasteiger partial charge in [0.25, 0.3) is 0 Å². The smallest absolute Gasteiger partial charge is 0.408 e. The molecule has 0 saturated carbocycles. The molecule has 0 bridgehead atoms. The summed E-state index contributed by atoms with van der Waals surface area (Å²) in [7, 11) is 0. The average molecular weight is 338 g/mol. The highest BCUT2D eigenvalue weighted by Crippen LogP contribution is 2.08. The van der Waals surface area contributed by atoms with E-state index in [-0.39, 0.29) is 5.91 Å². The molecule has 0 radical (unpaired) electrons. The minimum Gasteiger partial charge on any atom is -0.444 e. The van der Waals surface area contributed by atoms with Gasteiger partial charge >= 0.3 is 6.09 Å². The number of benzene rings is 1. The third kappa shape index (κ3) is 8.50. The third-order valence-corrected chi connectivity index (χ3v) is 3.57. The van der Waals surface area contributed by atoms with Crippen LogP contribution in [0.3, 0.4) is 0 Å². The van der Waals surface area contributed by atoms with Crippen molar-refractivity contribution in [2.24, 2.45) is 0 Å². The topological polar surface area (TPSA) is 67.4 Å². The third-order valence-electron chi connectivity index (χ3n) is 2.93. The van der Waals surface area contributed by atoms with Gasteiger partial charge in [0.1, 0.15) is 11.6 Å². The quantitative estimate of drug-likeness (QED) is 0.802. The molecule has 1 aromatic rings. The van der Waals surface area contributed by atoms with Crippen LogP contribution < -0.4 is 10.6 Å². The molecule has 0 saturated heterocycles. The molecule has 1 rings (SSSR count). The van der Waals surface area contributed by atoms with Gasteiger partial charge in [0.05, 0.1) is 0 Å². The second-order valence-corrected chi connectivity index (χ2v) is 7.17. The molecular formula is C17H26N2O3S. The molecule has 23 heavy (non-hydrogen) atoms. The Labute approximate surface area is 142 Å². The van der Waals surface area contributed by atoms with Gasteiger partial charge in [-0.05, 0) is 44.8 Å². The van der Waals surface area contributed by atoms with E-state index in [0.29, 0.717) is 13.0 Å². The number of hydrogen-bond donors (Lipinski definition) is 2. The fourth-order valence-electron chi connectivity index (χ4n) is 1.86. The van der Waals surface area contributed by atoms with Crippen LogP contribution in [0.5, 0.6) is 0 Å². The Morgan fingerprint density at radius 2 is 1.87 bits per heavy atom. The van der Waals surface area contributed by atoms with Gasteiger partial charge in [0, 0.05) is 6.54 Å². The summed E-state index contributed by atoms with van der Waals surface area (Å²) < 4.78 is 5.22. The van der Waals surface area contributed by atoms with Gasteiger partial charge in [-0.2, -0.15) is 11.8 Å².